The Hall–Kier alpha value is -2.68. The van der Waals surface area contributed by atoms with Crippen LogP contribution in [0.1, 0.15) is 38.7 Å². The van der Waals surface area contributed by atoms with Crippen LogP contribution in [0, 0.1) is 0 Å². The van der Waals surface area contributed by atoms with Gasteiger partial charge >= 0.3 is 5.69 Å². The van der Waals surface area contributed by atoms with Crippen molar-refractivity contribution in [2.75, 3.05) is 19.8 Å². The topological polar surface area (TPSA) is 104 Å². The van der Waals surface area contributed by atoms with Crippen LogP contribution in [-0.2, 0) is 29.5 Å². The van der Waals surface area contributed by atoms with Crippen LogP contribution in [0.25, 0.3) is 11.0 Å². The van der Waals surface area contributed by atoms with Crippen LogP contribution >= 0.6 is 0 Å². The molecule has 1 fully saturated rings. The van der Waals surface area contributed by atoms with E-state index in [2.05, 4.69) is 10.3 Å². The van der Waals surface area contributed by atoms with Gasteiger partial charge in [0.2, 0.25) is 5.91 Å². The lowest BCUT2D eigenvalue weighted by Gasteiger charge is -2.16. The third-order valence-electron chi connectivity index (χ3n) is 5.06. The van der Waals surface area contributed by atoms with Gasteiger partial charge in [0.05, 0.1) is 12.7 Å². The van der Waals surface area contributed by atoms with Crippen molar-refractivity contribution in [3.63, 3.8) is 0 Å². The van der Waals surface area contributed by atoms with E-state index in [1.807, 2.05) is 13.8 Å². The third kappa shape index (κ3) is 4.34. The lowest BCUT2D eigenvalue weighted by atomic mass is 10.1. The fourth-order valence-electron chi connectivity index (χ4n) is 3.46. The maximum Gasteiger partial charge on any atom is 0.332 e. The second-order valence-corrected chi connectivity index (χ2v) is 7.19. The Balaban J connectivity index is 1.99. The molecule has 0 bridgehead atoms. The summed E-state index contributed by atoms with van der Waals surface area (Å²) < 4.78 is 13.6. The van der Waals surface area contributed by atoms with Crippen molar-refractivity contribution >= 4 is 16.9 Å². The first kappa shape index (κ1) is 21.0. The molecule has 158 valence electrons. The van der Waals surface area contributed by atoms with Crippen LogP contribution in [0.5, 0.6) is 5.75 Å². The van der Waals surface area contributed by atoms with Crippen molar-refractivity contribution in [3.8, 4) is 5.75 Å². The molecule has 0 aromatic carbocycles. The monoisotopic (exact) mass is 404 g/mol. The lowest BCUT2D eigenvalue weighted by molar-refractivity contribution is -0.122. The molecule has 9 heteroatoms. The number of carbonyl (C=O) groups is 1. The van der Waals surface area contributed by atoms with E-state index in [0.29, 0.717) is 31.9 Å². The predicted molar refractivity (Wildman–Crippen MR) is 108 cm³/mol. The summed E-state index contributed by atoms with van der Waals surface area (Å²) in [6.45, 7) is 5.06. The SMILES string of the molecule is CCCOc1c(CC)cnc2c1c(=O)n(CC(=O)NCC1CCCO1)c(=O)n2C. The van der Waals surface area contributed by atoms with Gasteiger partial charge in [-0.1, -0.05) is 13.8 Å². The largest absolute Gasteiger partial charge is 0.492 e. The third-order valence-corrected chi connectivity index (χ3v) is 5.06. The number of rotatable bonds is 8. The molecule has 1 N–H and O–H groups in total. The van der Waals surface area contributed by atoms with Gasteiger partial charge in [-0.05, 0) is 25.7 Å². The smallest absolute Gasteiger partial charge is 0.332 e. The van der Waals surface area contributed by atoms with Crippen molar-refractivity contribution < 1.29 is 14.3 Å². The Morgan fingerprint density at radius 1 is 1.38 bits per heavy atom. The van der Waals surface area contributed by atoms with E-state index in [1.54, 1.807) is 6.20 Å². The second kappa shape index (κ2) is 9.21. The normalized spacial score (nSPS) is 16.3. The molecule has 0 aliphatic carbocycles. The summed E-state index contributed by atoms with van der Waals surface area (Å²) in [5.74, 6) is 0.0307. The number of amides is 1. The zero-order valence-electron chi connectivity index (χ0n) is 17.2. The van der Waals surface area contributed by atoms with Crippen LogP contribution in [0.2, 0.25) is 0 Å². The summed E-state index contributed by atoms with van der Waals surface area (Å²) >= 11 is 0. The summed E-state index contributed by atoms with van der Waals surface area (Å²) in [5.41, 5.74) is -0.118. The maximum atomic E-state index is 13.2. The molecule has 9 nitrogen and oxygen atoms in total. The zero-order chi connectivity index (χ0) is 21.0. The van der Waals surface area contributed by atoms with Gasteiger partial charge in [0.1, 0.15) is 17.7 Å². The van der Waals surface area contributed by atoms with Crippen LogP contribution in [-0.4, -0.2) is 45.9 Å². The summed E-state index contributed by atoms with van der Waals surface area (Å²) in [6, 6.07) is 0. The molecule has 1 unspecified atom stereocenters. The highest BCUT2D eigenvalue weighted by atomic mass is 16.5. The average Bonchev–Trinajstić information content (AvgIpc) is 3.25. The molecule has 2 aromatic heterocycles. The van der Waals surface area contributed by atoms with Gasteiger partial charge in [-0.15, -0.1) is 0 Å². The van der Waals surface area contributed by atoms with Crippen molar-refractivity contribution in [1.29, 1.82) is 0 Å². The standard InChI is InChI=1S/C20H28N4O5/c1-4-8-29-17-13(5-2)10-22-18-16(17)19(26)24(20(27)23(18)3)12-15(25)21-11-14-7-6-9-28-14/h10,14H,4-9,11-12H2,1-3H3,(H,21,25). The number of nitrogens with one attached hydrogen (secondary N) is 1. The highest BCUT2D eigenvalue weighted by Gasteiger charge is 2.21. The minimum absolute atomic E-state index is 0.0135. The number of aromatic nitrogens is 3. The number of pyridine rings is 1. The van der Waals surface area contributed by atoms with E-state index in [0.717, 1.165) is 29.4 Å². The Morgan fingerprint density at radius 2 is 2.17 bits per heavy atom. The Bertz CT molecular complexity index is 1000. The number of hydrogen-bond acceptors (Lipinski definition) is 6. The van der Waals surface area contributed by atoms with Crippen molar-refractivity contribution in [2.24, 2.45) is 7.05 Å². The molecule has 1 aliphatic heterocycles. The van der Waals surface area contributed by atoms with E-state index in [4.69, 9.17) is 9.47 Å². The van der Waals surface area contributed by atoms with Crippen molar-refractivity contribution in [1.82, 2.24) is 19.4 Å². The number of nitrogens with zero attached hydrogens (tertiary/aromatic N) is 3. The van der Waals surface area contributed by atoms with Crippen molar-refractivity contribution in [2.45, 2.75) is 52.2 Å². The van der Waals surface area contributed by atoms with Crippen LogP contribution < -0.4 is 21.3 Å². The van der Waals surface area contributed by atoms with Gasteiger partial charge in [0.15, 0.2) is 5.65 Å². The quantitative estimate of drug-likeness (QED) is 0.696. The molecule has 2 aromatic rings. The maximum absolute atomic E-state index is 13.2. The molecule has 0 radical (unpaired) electrons. The fraction of sp³-hybridized carbons (Fsp3) is 0.600. The summed E-state index contributed by atoms with van der Waals surface area (Å²) in [4.78, 5) is 42.6. The molecule has 1 aliphatic rings. The molecular weight excluding hydrogens is 376 g/mol. The fourth-order valence-corrected chi connectivity index (χ4v) is 3.46. The molecule has 1 saturated heterocycles. The number of fused-ring (bicyclic) bond motifs is 1. The summed E-state index contributed by atoms with van der Waals surface area (Å²) in [6.07, 6.45) is 4.88. The predicted octanol–water partition coefficient (Wildman–Crippen LogP) is 0.742. The molecule has 0 spiro atoms. The van der Waals surface area contributed by atoms with Gasteiger partial charge in [0.25, 0.3) is 5.56 Å². The van der Waals surface area contributed by atoms with E-state index in [1.165, 1.54) is 11.6 Å². The van der Waals surface area contributed by atoms with E-state index >= 15 is 0 Å². The van der Waals surface area contributed by atoms with E-state index in [9.17, 15) is 14.4 Å². The Morgan fingerprint density at radius 3 is 2.83 bits per heavy atom. The molecule has 0 saturated carbocycles. The minimum atomic E-state index is -0.590. The first-order valence-corrected chi connectivity index (χ1v) is 10.1. The molecular formula is C20H28N4O5. The van der Waals surface area contributed by atoms with E-state index in [-0.39, 0.29) is 23.7 Å². The zero-order valence-corrected chi connectivity index (χ0v) is 17.2. The van der Waals surface area contributed by atoms with E-state index < -0.39 is 17.2 Å². The van der Waals surface area contributed by atoms with Gasteiger partial charge in [-0.25, -0.2) is 14.3 Å². The Kier molecular flexibility index (Phi) is 6.68. The van der Waals surface area contributed by atoms with Crippen molar-refractivity contribution in [3.05, 3.63) is 32.6 Å². The number of carbonyl (C=O) groups excluding carboxylic acids is 1. The van der Waals surface area contributed by atoms with Gasteiger partial charge in [-0.2, -0.15) is 0 Å². The van der Waals surface area contributed by atoms with Gasteiger partial charge < -0.3 is 14.8 Å². The number of aryl methyl sites for hydroxylation is 2. The molecule has 1 amide bonds. The highest BCUT2D eigenvalue weighted by molar-refractivity contribution is 5.83. The molecule has 3 rings (SSSR count). The second-order valence-electron chi connectivity index (χ2n) is 7.19. The number of hydrogen-bond donors (Lipinski definition) is 1. The minimum Gasteiger partial charge on any atom is -0.492 e. The van der Waals surface area contributed by atoms with Gasteiger partial charge in [-0.3, -0.25) is 14.2 Å². The lowest BCUT2D eigenvalue weighted by Crippen LogP contribution is -2.44. The molecule has 3 heterocycles. The highest BCUT2D eigenvalue weighted by Crippen LogP contribution is 2.25. The average molecular weight is 404 g/mol. The first-order valence-electron chi connectivity index (χ1n) is 10.1. The molecule has 1 atom stereocenters. The van der Waals surface area contributed by atoms with Gasteiger partial charge in [0, 0.05) is 32.0 Å². The van der Waals surface area contributed by atoms with Crippen LogP contribution in [0.4, 0.5) is 0 Å². The van der Waals surface area contributed by atoms with Crippen LogP contribution in [0.15, 0.2) is 15.8 Å². The summed E-state index contributed by atoms with van der Waals surface area (Å²) in [7, 11) is 1.53. The molecule has 29 heavy (non-hydrogen) atoms. The first-order chi connectivity index (χ1) is 14.0. The Labute approximate surface area is 168 Å². The van der Waals surface area contributed by atoms with Crippen LogP contribution in [0.3, 0.4) is 0 Å². The number of ether oxygens (including phenoxy) is 2. The summed E-state index contributed by atoms with van der Waals surface area (Å²) in [5, 5.41) is 2.98.